The molecule has 130 valence electrons. The molecule has 0 atom stereocenters. The summed E-state index contributed by atoms with van der Waals surface area (Å²) in [5, 5.41) is 16.1. The largest absolute Gasteiger partial charge is 0.420 e. The Hall–Kier alpha value is -2.93. The van der Waals surface area contributed by atoms with Gasteiger partial charge in [0.25, 0.3) is 0 Å². The average Bonchev–Trinajstić information content (AvgIpc) is 3.30. The lowest BCUT2D eigenvalue weighted by Crippen LogP contribution is -1.83. The van der Waals surface area contributed by atoms with Gasteiger partial charge in [0.1, 0.15) is 0 Å². The second kappa shape index (κ2) is 7.13. The van der Waals surface area contributed by atoms with Crippen LogP contribution in [0.3, 0.4) is 0 Å². The average molecular weight is 363 g/mol. The van der Waals surface area contributed by atoms with E-state index in [1.807, 2.05) is 43.3 Å². The molecule has 0 spiro atoms. The van der Waals surface area contributed by atoms with E-state index in [2.05, 4.69) is 44.4 Å². The van der Waals surface area contributed by atoms with Crippen LogP contribution in [-0.4, -0.2) is 25.4 Å². The molecule has 0 aliphatic rings. The van der Waals surface area contributed by atoms with Gasteiger partial charge in [0.2, 0.25) is 16.9 Å². The van der Waals surface area contributed by atoms with Crippen molar-refractivity contribution in [3.05, 3.63) is 65.5 Å². The van der Waals surface area contributed by atoms with E-state index < -0.39 is 0 Å². The van der Waals surface area contributed by atoms with Crippen molar-refractivity contribution in [1.29, 1.82) is 0 Å². The molecule has 0 saturated carbocycles. The highest BCUT2D eigenvalue weighted by Gasteiger charge is 2.11. The first-order valence-corrected chi connectivity index (χ1v) is 9.17. The Bertz CT molecular complexity index is 956. The fraction of sp³-hybridized carbons (Fsp3) is 0.158. The molecular formula is C19H17N5OS. The first-order chi connectivity index (χ1) is 12.7. The van der Waals surface area contributed by atoms with Crippen LogP contribution >= 0.6 is 11.8 Å². The molecule has 0 fully saturated rings. The Morgan fingerprint density at radius 2 is 1.69 bits per heavy atom. The van der Waals surface area contributed by atoms with Crippen LogP contribution in [0.1, 0.15) is 17.0 Å². The van der Waals surface area contributed by atoms with Crippen LogP contribution < -0.4 is 0 Å². The number of hydrogen-bond donors (Lipinski definition) is 1. The number of hydrogen-bond acceptors (Lipinski definition) is 6. The molecule has 2 aromatic heterocycles. The number of aromatic amines is 1. The molecule has 0 aliphatic carbocycles. The summed E-state index contributed by atoms with van der Waals surface area (Å²) in [6.45, 7) is 4.09. The molecule has 2 heterocycles. The summed E-state index contributed by atoms with van der Waals surface area (Å²) >= 11 is 1.46. The smallest absolute Gasteiger partial charge is 0.247 e. The molecule has 1 N–H and O–H groups in total. The quantitative estimate of drug-likeness (QED) is 0.528. The van der Waals surface area contributed by atoms with Gasteiger partial charge in [0, 0.05) is 11.1 Å². The van der Waals surface area contributed by atoms with Crippen molar-refractivity contribution >= 4 is 11.8 Å². The van der Waals surface area contributed by atoms with E-state index in [1.165, 1.54) is 17.3 Å². The summed E-state index contributed by atoms with van der Waals surface area (Å²) in [5.41, 5.74) is 4.28. The number of thioether (sulfide) groups is 1. The van der Waals surface area contributed by atoms with Crippen LogP contribution in [-0.2, 0) is 5.75 Å². The predicted molar refractivity (Wildman–Crippen MR) is 101 cm³/mol. The first kappa shape index (κ1) is 16.5. The van der Waals surface area contributed by atoms with E-state index in [1.54, 1.807) is 0 Å². The van der Waals surface area contributed by atoms with Gasteiger partial charge in [0.15, 0.2) is 5.82 Å². The lowest BCUT2D eigenvalue weighted by atomic mass is 10.1. The molecule has 0 bridgehead atoms. The zero-order chi connectivity index (χ0) is 17.9. The monoisotopic (exact) mass is 363 g/mol. The highest BCUT2D eigenvalue weighted by Crippen LogP contribution is 2.24. The highest BCUT2D eigenvalue weighted by atomic mass is 32.2. The van der Waals surface area contributed by atoms with Gasteiger partial charge in [-0.3, -0.25) is 5.10 Å². The van der Waals surface area contributed by atoms with Crippen molar-refractivity contribution in [3.8, 4) is 22.8 Å². The molecular weight excluding hydrogens is 346 g/mol. The Balaban J connectivity index is 1.44. The van der Waals surface area contributed by atoms with Crippen LogP contribution in [0.2, 0.25) is 0 Å². The van der Waals surface area contributed by atoms with E-state index in [-0.39, 0.29) is 0 Å². The van der Waals surface area contributed by atoms with Crippen LogP contribution in [0.4, 0.5) is 0 Å². The zero-order valence-electron chi connectivity index (χ0n) is 14.4. The van der Waals surface area contributed by atoms with Gasteiger partial charge in [-0.2, -0.15) is 0 Å². The van der Waals surface area contributed by atoms with Gasteiger partial charge in [0.05, 0.1) is 5.75 Å². The molecule has 4 aromatic rings. The molecule has 0 aliphatic heterocycles. The maximum atomic E-state index is 5.74. The van der Waals surface area contributed by atoms with Crippen molar-refractivity contribution in [2.45, 2.75) is 24.8 Å². The number of aryl methyl sites for hydroxylation is 2. The number of benzene rings is 2. The van der Waals surface area contributed by atoms with Gasteiger partial charge >= 0.3 is 0 Å². The van der Waals surface area contributed by atoms with Crippen molar-refractivity contribution in [1.82, 2.24) is 25.4 Å². The van der Waals surface area contributed by atoms with Crippen LogP contribution in [0.25, 0.3) is 22.8 Å². The van der Waals surface area contributed by atoms with Crippen LogP contribution in [0.15, 0.2) is 58.1 Å². The van der Waals surface area contributed by atoms with E-state index in [4.69, 9.17) is 4.42 Å². The minimum absolute atomic E-state index is 0.518. The molecule has 26 heavy (non-hydrogen) atoms. The molecule has 2 aromatic carbocycles. The van der Waals surface area contributed by atoms with Gasteiger partial charge in [-0.1, -0.05) is 53.2 Å². The molecule has 0 saturated heterocycles. The van der Waals surface area contributed by atoms with Gasteiger partial charge < -0.3 is 4.42 Å². The molecule has 0 amide bonds. The molecule has 6 nitrogen and oxygen atoms in total. The summed E-state index contributed by atoms with van der Waals surface area (Å²) in [7, 11) is 0. The minimum atomic E-state index is 0.518. The molecule has 4 rings (SSSR count). The normalized spacial score (nSPS) is 11.0. The Morgan fingerprint density at radius 1 is 0.962 bits per heavy atom. The molecule has 0 unspecified atom stereocenters. The second-order valence-electron chi connectivity index (χ2n) is 6.00. The van der Waals surface area contributed by atoms with Crippen molar-refractivity contribution in [2.75, 3.05) is 0 Å². The number of nitrogens with one attached hydrogen (secondary N) is 1. The standard InChI is InChI=1S/C19H17N5OS/c1-12-5-3-7-14(9-12)17-20-19(24-22-17)26-11-16-21-23-18(25-16)15-8-4-6-13(2)10-15/h3-10H,11H2,1-2H3,(H,20,22,24). The van der Waals surface area contributed by atoms with E-state index in [0.29, 0.717) is 22.7 Å². The first-order valence-electron chi connectivity index (χ1n) is 8.19. The Labute approximate surface area is 155 Å². The Morgan fingerprint density at radius 3 is 2.46 bits per heavy atom. The number of aromatic nitrogens is 5. The summed E-state index contributed by atoms with van der Waals surface area (Å²) in [5.74, 6) is 2.35. The third-order valence-corrected chi connectivity index (χ3v) is 4.65. The van der Waals surface area contributed by atoms with Gasteiger partial charge in [-0.05, 0) is 32.0 Å². The SMILES string of the molecule is Cc1cccc(-c2nc(SCc3nnc(-c4cccc(C)c4)o3)n[nH]2)c1. The fourth-order valence-corrected chi connectivity index (χ4v) is 3.20. The lowest BCUT2D eigenvalue weighted by Gasteiger charge is -1.97. The molecule has 0 radical (unpaired) electrons. The van der Waals surface area contributed by atoms with Crippen LogP contribution in [0, 0.1) is 13.8 Å². The van der Waals surface area contributed by atoms with Crippen LogP contribution in [0.5, 0.6) is 0 Å². The minimum Gasteiger partial charge on any atom is -0.420 e. The van der Waals surface area contributed by atoms with Crippen molar-refractivity contribution < 1.29 is 4.42 Å². The fourth-order valence-electron chi connectivity index (χ4n) is 2.57. The van der Waals surface area contributed by atoms with E-state index in [9.17, 15) is 0 Å². The summed E-state index contributed by atoms with van der Waals surface area (Å²) in [4.78, 5) is 4.52. The summed E-state index contributed by atoms with van der Waals surface area (Å²) < 4.78 is 5.74. The van der Waals surface area contributed by atoms with Crippen molar-refractivity contribution in [2.24, 2.45) is 0 Å². The van der Waals surface area contributed by atoms with E-state index >= 15 is 0 Å². The van der Waals surface area contributed by atoms with Gasteiger partial charge in [-0.25, -0.2) is 4.98 Å². The third kappa shape index (κ3) is 3.67. The van der Waals surface area contributed by atoms with E-state index in [0.717, 1.165) is 22.5 Å². The number of H-pyrrole nitrogens is 1. The number of nitrogens with zero attached hydrogens (tertiary/aromatic N) is 4. The second-order valence-corrected chi connectivity index (χ2v) is 6.94. The Kier molecular flexibility index (Phi) is 4.53. The lowest BCUT2D eigenvalue weighted by molar-refractivity contribution is 0.528. The van der Waals surface area contributed by atoms with Crippen molar-refractivity contribution in [3.63, 3.8) is 0 Å². The predicted octanol–water partition coefficient (Wildman–Crippen LogP) is 4.43. The maximum absolute atomic E-state index is 5.74. The maximum Gasteiger partial charge on any atom is 0.247 e. The summed E-state index contributed by atoms with van der Waals surface area (Å²) in [6, 6.07) is 16.1. The zero-order valence-corrected chi connectivity index (χ0v) is 15.2. The van der Waals surface area contributed by atoms with Gasteiger partial charge in [-0.15, -0.1) is 15.3 Å². The summed E-state index contributed by atoms with van der Waals surface area (Å²) in [6.07, 6.45) is 0. The third-order valence-electron chi connectivity index (χ3n) is 3.81. The number of rotatable bonds is 5. The topological polar surface area (TPSA) is 80.5 Å². The molecule has 7 heteroatoms. The highest BCUT2D eigenvalue weighted by molar-refractivity contribution is 7.98.